The van der Waals surface area contributed by atoms with E-state index >= 15 is 0 Å². The van der Waals surface area contributed by atoms with Gasteiger partial charge in [-0.2, -0.15) is 0 Å². The number of methoxy groups -OCH3 is 2. The van der Waals surface area contributed by atoms with Crippen LogP contribution in [0.2, 0.25) is 0 Å². The van der Waals surface area contributed by atoms with Gasteiger partial charge in [0.2, 0.25) is 0 Å². The van der Waals surface area contributed by atoms with E-state index in [1.807, 2.05) is 6.92 Å². The Morgan fingerprint density at radius 3 is 2.47 bits per heavy atom. The summed E-state index contributed by atoms with van der Waals surface area (Å²) in [4.78, 5) is 11.2. The molecule has 0 aromatic rings. The zero-order valence-electron chi connectivity index (χ0n) is 12.5. The molecule has 0 aromatic carbocycles. The van der Waals surface area contributed by atoms with E-state index in [1.54, 1.807) is 21.1 Å². The molecule has 0 rings (SSSR count). The highest BCUT2D eigenvalue weighted by atomic mass is 16.5. The van der Waals surface area contributed by atoms with Crippen LogP contribution in [0.1, 0.15) is 39.5 Å². The summed E-state index contributed by atoms with van der Waals surface area (Å²) in [7, 11) is 3.26. The largest absolute Gasteiger partial charge is 0.462 e. The minimum Gasteiger partial charge on any atom is -0.462 e. The van der Waals surface area contributed by atoms with Crippen LogP contribution in [0, 0.1) is 0 Å². The molecular weight excluding hydrogens is 246 g/mol. The summed E-state index contributed by atoms with van der Waals surface area (Å²) in [5.41, 5.74) is 5.69. The molecule has 0 radical (unpaired) electrons. The lowest BCUT2D eigenvalue weighted by molar-refractivity contribution is -0.139. The molecule has 0 aliphatic heterocycles. The average molecular weight is 273 g/mol. The molecule has 0 aliphatic rings. The topological polar surface area (TPSA) is 70.8 Å². The van der Waals surface area contributed by atoms with Gasteiger partial charge in [-0.05, 0) is 33.1 Å². The summed E-state index contributed by atoms with van der Waals surface area (Å²) in [5, 5.41) is 0. The smallest absolute Gasteiger partial charge is 0.333 e. The summed E-state index contributed by atoms with van der Waals surface area (Å²) < 4.78 is 15.5. The molecule has 2 atom stereocenters. The summed E-state index contributed by atoms with van der Waals surface area (Å²) in [5.74, 6) is -0.358. The van der Waals surface area contributed by atoms with Crippen LogP contribution in [-0.2, 0) is 19.0 Å². The second kappa shape index (κ2) is 9.07. The molecule has 0 aliphatic carbocycles. The first-order chi connectivity index (χ1) is 8.82. The second-order valence-electron chi connectivity index (χ2n) is 4.97. The van der Waals surface area contributed by atoms with E-state index in [1.165, 1.54) is 0 Å². The van der Waals surface area contributed by atoms with E-state index in [2.05, 4.69) is 6.58 Å². The maximum absolute atomic E-state index is 11.2. The minimum atomic E-state index is -0.593. The van der Waals surface area contributed by atoms with Crippen LogP contribution >= 0.6 is 0 Å². The van der Waals surface area contributed by atoms with Crippen LogP contribution in [-0.4, -0.2) is 38.6 Å². The molecule has 0 aromatic heterocycles. The Morgan fingerprint density at radius 1 is 1.37 bits per heavy atom. The third-order valence-electron chi connectivity index (χ3n) is 3.02. The van der Waals surface area contributed by atoms with Gasteiger partial charge >= 0.3 is 5.97 Å². The summed E-state index contributed by atoms with van der Waals surface area (Å²) >= 11 is 0. The van der Waals surface area contributed by atoms with Gasteiger partial charge in [-0.25, -0.2) is 4.79 Å². The maximum Gasteiger partial charge on any atom is 0.333 e. The molecular formula is C14H27NO4. The molecule has 112 valence electrons. The SMILES string of the molecule is C=C(C)C(=O)OCCC(CCCC(C)(N)OC)OC. The third-order valence-corrected chi connectivity index (χ3v) is 3.02. The van der Waals surface area contributed by atoms with Gasteiger partial charge in [-0.15, -0.1) is 0 Å². The van der Waals surface area contributed by atoms with Crippen LogP contribution in [0.4, 0.5) is 0 Å². The fourth-order valence-electron chi connectivity index (χ4n) is 1.57. The Morgan fingerprint density at radius 2 is 2.00 bits per heavy atom. The van der Waals surface area contributed by atoms with Crippen molar-refractivity contribution in [1.29, 1.82) is 0 Å². The van der Waals surface area contributed by atoms with Crippen molar-refractivity contribution in [2.24, 2.45) is 5.73 Å². The first-order valence-corrected chi connectivity index (χ1v) is 6.52. The normalized spacial score (nSPS) is 15.6. The zero-order valence-corrected chi connectivity index (χ0v) is 12.5. The first-order valence-electron chi connectivity index (χ1n) is 6.52. The molecule has 0 fully saturated rings. The highest BCUT2D eigenvalue weighted by Gasteiger charge is 2.17. The maximum atomic E-state index is 11.2. The molecule has 0 heterocycles. The summed E-state index contributed by atoms with van der Waals surface area (Å²) in [6.45, 7) is 7.35. The van der Waals surface area contributed by atoms with Crippen LogP contribution in [0.15, 0.2) is 12.2 Å². The molecule has 2 unspecified atom stereocenters. The van der Waals surface area contributed by atoms with E-state index in [4.69, 9.17) is 19.9 Å². The minimum absolute atomic E-state index is 0.0607. The Kier molecular flexibility index (Phi) is 8.63. The first kappa shape index (κ1) is 18.1. The van der Waals surface area contributed by atoms with Gasteiger partial charge in [-0.3, -0.25) is 0 Å². The van der Waals surface area contributed by atoms with Gasteiger partial charge in [0.15, 0.2) is 0 Å². The van der Waals surface area contributed by atoms with Crippen molar-refractivity contribution in [3.8, 4) is 0 Å². The number of hydrogen-bond donors (Lipinski definition) is 1. The van der Waals surface area contributed by atoms with Crippen molar-refractivity contribution >= 4 is 5.97 Å². The Hall–Kier alpha value is -0.910. The van der Waals surface area contributed by atoms with Crippen molar-refractivity contribution in [3.05, 3.63) is 12.2 Å². The van der Waals surface area contributed by atoms with Gasteiger partial charge in [0.05, 0.1) is 12.7 Å². The highest BCUT2D eigenvalue weighted by Crippen LogP contribution is 2.15. The van der Waals surface area contributed by atoms with Gasteiger partial charge in [0.25, 0.3) is 0 Å². The van der Waals surface area contributed by atoms with Gasteiger partial charge in [0.1, 0.15) is 5.72 Å². The van der Waals surface area contributed by atoms with Crippen molar-refractivity contribution in [2.75, 3.05) is 20.8 Å². The average Bonchev–Trinajstić information content (AvgIpc) is 2.36. The summed E-state index contributed by atoms with van der Waals surface area (Å²) in [6, 6.07) is 0. The lowest BCUT2D eigenvalue weighted by atomic mass is 10.0. The van der Waals surface area contributed by atoms with Gasteiger partial charge in [-0.1, -0.05) is 6.58 Å². The number of ether oxygens (including phenoxy) is 3. The Labute approximate surface area is 116 Å². The quantitative estimate of drug-likeness (QED) is 0.374. The van der Waals surface area contributed by atoms with Crippen molar-refractivity contribution < 1.29 is 19.0 Å². The molecule has 0 saturated carbocycles. The number of nitrogens with two attached hydrogens (primary N) is 1. The number of rotatable bonds is 10. The third kappa shape index (κ3) is 8.75. The van der Waals surface area contributed by atoms with Crippen molar-refractivity contribution in [2.45, 2.75) is 51.4 Å². The van der Waals surface area contributed by atoms with E-state index in [-0.39, 0.29) is 12.1 Å². The van der Waals surface area contributed by atoms with Crippen LogP contribution in [0.25, 0.3) is 0 Å². The monoisotopic (exact) mass is 273 g/mol. The van der Waals surface area contributed by atoms with E-state index in [0.29, 0.717) is 18.6 Å². The van der Waals surface area contributed by atoms with E-state index in [0.717, 1.165) is 19.3 Å². The van der Waals surface area contributed by atoms with Crippen molar-refractivity contribution in [1.82, 2.24) is 0 Å². The molecule has 0 spiro atoms. The lowest BCUT2D eigenvalue weighted by Gasteiger charge is -2.23. The fraction of sp³-hybridized carbons (Fsp3) is 0.786. The van der Waals surface area contributed by atoms with Gasteiger partial charge < -0.3 is 19.9 Å². The number of carbonyl (C=O) groups excluding carboxylic acids is 1. The van der Waals surface area contributed by atoms with Crippen LogP contribution in [0.3, 0.4) is 0 Å². The number of hydrogen-bond acceptors (Lipinski definition) is 5. The molecule has 0 saturated heterocycles. The predicted octanol–water partition coefficient (Wildman–Crippen LogP) is 2.00. The standard InChI is InChI=1S/C14H27NO4/c1-11(2)13(16)19-10-8-12(17-4)7-6-9-14(3,15)18-5/h12H,1,6-10,15H2,2-5H3. The van der Waals surface area contributed by atoms with Crippen LogP contribution < -0.4 is 5.73 Å². The lowest BCUT2D eigenvalue weighted by Crippen LogP contribution is -2.38. The number of esters is 1. The van der Waals surface area contributed by atoms with E-state index < -0.39 is 5.72 Å². The fourth-order valence-corrected chi connectivity index (χ4v) is 1.57. The Bertz CT molecular complexity index is 289. The number of carbonyl (C=O) groups is 1. The summed E-state index contributed by atoms with van der Waals surface area (Å²) in [6.07, 6.45) is 3.24. The molecule has 2 N–H and O–H groups in total. The molecule has 0 bridgehead atoms. The van der Waals surface area contributed by atoms with Crippen molar-refractivity contribution in [3.63, 3.8) is 0 Å². The highest BCUT2D eigenvalue weighted by molar-refractivity contribution is 5.86. The van der Waals surface area contributed by atoms with Gasteiger partial charge in [0, 0.05) is 26.2 Å². The molecule has 19 heavy (non-hydrogen) atoms. The zero-order chi connectivity index (χ0) is 14.9. The Balaban J connectivity index is 3.84. The molecule has 5 heteroatoms. The molecule has 0 amide bonds. The predicted molar refractivity (Wildman–Crippen MR) is 74.6 cm³/mol. The van der Waals surface area contributed by atoms with E-state index in [9.17, 15) is 4.79 Å². The second-order valence-corrected chi connectivity index (χ2v) is 4.97. The van der Waals surface area contributed by atoms with Crippen LogP contribution in [0.5, 0.6) is 0 Å². The molecule has 5 nitrogen and oxygen atoms in total.